The van der Waals surface area contributed by atoms with E-state index in [0.29, 0.717) is 40.0 Å². The van der Waals surface area contributed by atoms with Gasteiger partial charge in [-0.05, 0) is 37.4 Å². The van der Waals surface area contributed by atoms with Crippen LogP contribution in [0.15, 0.2) is 29.3 Å². The minimum atomic E-state index is -0.243. The molecule has 2 N–H and O–H groups in total. The van der Waals surface area contributed by atoms with Gasteiger partial charge in [-0.3, -0.25) is 9.59 Å². The number of thioether (sulfide) groups is 1. The number of aryl methyl sites for hydroxylation is 1. The topological polar surface area (TPSA) is 84.0 Å². The quantitative estimate of drug-likeness (QED) is 0.418. The van der Waals surface area contributed by atoms with Gasteiger partial charge in [-0.1, -0.05) is 25.4 Å². The van der Waals surface area contributed by atoms with E-state index in [2.05, 4.69) is 20.6 Å². The summed E-state index contributed by atoms with van der Waals surface area (Å²) >= 11 is 7.23. The van der Waals surface area contributed by atoms with Crippen LogP contribution in [0.1, 0.15) is 52.0 Å². The van der Waals surface area contributed by atoms with Gasteiger partial charge >= 0.3 is 0 Å². The molecule has 0 unspecified atom stereocenters. The summed E-state index contributed by atoms with van der Waals surface area (Å²) in [5, 5.41) is 6.80. The van der Waals surface area contributed by atoms with Crippen molar-refractivity contribution >= 4 is 35.2 Å². The standard InChI is InChI=1S/C19H23ClN4O2S/c1-11(2)16-23-12(3)15(19(24-16)27-4)18(26)22-10-9-21-17(25)13-5-7-14(20)8-6-13/h5-8,11H,9-10H2,1-4H3,(H,21,25)(H,22,26). The molecule has 0 aliphatic heterocycles. The SMILES string of the molecule is CSc1nc(C(C)C)nc(C)c1C(=O)NCCNC(=O)c1ccc(Cl)cc1. The zero-order valence-corrected chi connectivity index (χ0v) is 17.4. The number of aromatic nitrogens is 2. The van der Waals surface area contributed by atoms with Crippen molar-refractivity contribution in [3.8, 4) is 0 Å². The summed E-state index contributed by atoms with van der Waals surface area (Å²) in [6.45, 7) is 6.46. The summed E-state index contributed by atoms with van der Waals surface area (Å²) in [6, 6.07) is 6.62. The van der Waals surface area contributed by atoms with E-state index >= 15 is 0 Å². The molecule has 0 aliphatic rings. The molecule has 2 aromatic rings. The third-order valence-corrected chi connectivity index (χ3v) is 4.75. The van der Waals surface area contributed by atoms with E-state index in [1.165, 1.54) is 11.8 Å². The first-order valence-corrected chi connectivity index (χ1v) is 10.2. The van der Waals surface area contributed by atoms with E-state index in [1.807, 2.05) is 27.0 Å². The molecule has 2 amide bonds. The molecule has 1 aromatic heterocycles. The van der Waals surface area contributed by atoms with Gasteiger partial charge in [0.15, 0.2) is 0 Å². The van der Waals surface area contributed by atoms with E-state index in [-0.39, 0.29) is 17.7 Å². The Hall–Kier alpha value is -2.12. The van der Waals surface area contributed by atoms with E-state index < -0.39 is 0 Å². The zero-order valence-electron chi connectivity index (χ0n) is 15.8. The van der Waals surface area contributed by atoms with Crippen LogP contribution < -0.4 is 10.6 Å². The Morgan fingerprint density at radius 2 is 1.67 bits per heavy atom. The maximum absolute atomic E-state index is 12.5. The fourth-order valence-corrected chi connectivity index (χ4v) is 3.13. The average molecular weight is 407 g/mol. The van der Waals surface area contributed by atoms with Crippen LogP contribution in [0.4, 0.5) is 0 Å². The molecule has 8 heteroatoms. The minimum absolute atomic E-state index is 0.190. The number of nitrogens with one attached hydrogen (secondary N) is 2. The lowest BCUT2D eigenvalue weighted by molar-refractivity contribution is 0.0925. The predicted octanol–water partition coefficient (Wildman–Crippen LogP) is 3.44. The highest BCUT2D eigenvalue weighted by molar-refractivity contribution is 7.98. The highest BCUT2D eigenvalue weighted by atomic mass is 35.5. The second-order valence-corrected chi connectivity index (χ2v) is 7.46. The summed E-state index contributed by atoms with van der Waals surface area (Å²) in [5.41, 5.74) is 1.65. The number of rotatable bonds is 7. The van der Waals surface area contributed by atoms with Gasteiger partial charge in [-0.25, -0.2) is 9.97 Å². The molecule has 1 aromatic carbocycles. The first-order chi connectivity index (χ1) is 12.8. The molecule has 0 bridgehead atoms. The number of hydrogen-bond acceptors (Lipinski definition) is 5. The lowest BCUT2D eigenvalue weighted by atomic mass is 10.1. The number of halogens is 1. The minimum Gasteiger partial charge on any atom is -0.350 e. The van der Waals surface area contributed by atoms with Crippen molar-refractivity contribution in [3.63, 3.8) is 0 Å². The molecular weight excluding hydrogens is 384 g/mol. The smallest absolute Gasteiger partial charge is 0.255 e. The Morgan fingerprint density at radius 3 is 2.22 bits per heavy atom. The predicted molar refractivity (Wildman–Crippen MR) is 109 cm³/mol. The number of carbonyl (C=O) groups excluding carboxylic acids is 2. The van der Waals surface area contributed by atoms with Crippen molar-refractivity contribution in [2.75, 3.05) is 19.3 Å². The van der Waals surface area contributed by atoms with Gasteiger partial charge in [0.1, 0.15) is 10.9 Å². The normalized spacial score (nSPS) is 10.7. The third-order valence-electron chi connectivity index (χ3n) is 3.81. The molecule has 0 fully saturated rings. The van der Waals surface area contributed by atoms with Crippen molar-refractivity contribution in [1.29, 1.82) is 0 Å². The summed E-state index contributed by atoms with van der Waals surface area (Å²) in [4.78, 5) is 33.5. The number of amides is 2. The Balaban J connectivity index is 1.94. The van der Waals surface area contributed by atoms with Gasteiger partial charge in [0.2, 0.25) is 0 Å². The van der Waals surface area contributed by atoms with Crippen molar-refractivity contribution in [1.82, 2.24) is 20.6 Å². The molecule has 0 spiro atoms. The molecule has 0 aliphatic carbocycles. The fourth-order valence-electron chi connectivity index (χ4n) is 2.38. The molecule has 0 radical (unpaired) electrons. The van der Waals surface area contributed by atoms with Gasteiger partial charge < -0.3 is 10.6 Å². The van der Waals surface area contributed by atoms with E-state index in [9.17, 15) is 9.59 Å². The summed E-state index contributed by atoms with van der Waals surface area (Å²) in [6.07, 6.45) is 1.88. The number of hydrogen-bond donors (Lipinski definition) is 2. The highest BCUT2D eigenvalue weighted by Gasteiger charge is 2.19. The average Bonchev–Trinajstić information content (AvgIpc) is 2.64. The van der Waals surface area contributed by atoms with Crippen molar-refractivity contribution < 1.29 is 9.59 Å². The molecular formula is C19H23ClN4O2S. The lowest BCUT2D eigenvalue weighted by Crippen LogP contribution is -2.35. The first-order valence-electron chi connectivity index (χ1n) is 8.58. The highest BCUT2D eigenvalue weighted by Crippen LogP contribution is 2.23. The van der Waals surface area contributed by atoms with Gasteiger partial charge in [-0.2, -0.15) is 0 Å². The monoisotopic (exact) mass is 406 g/mol. The lowest BCUT2D eigenvalue weighted by Gasteiger charge is -2.13. The summed E-state index contributed by atoms with van der Waals surface area (Å²) < 4.78 is 0. The second-order valence-electron chi connectivity index (χ2n) is 6.22. The Labute approximate surface area is 168 Å². The van der Waals surface area contributed by atoms with Crippen LogP contribution in [0.2, 0.25) is 5.02 Å². The van der Waals surface area contributed by atoms with Crippen LogP contribution in [0.5, 0.6) is 0 Å². The molecule has 144 valence electrons. The molecule has 0 atom stereocenters. The molecule has 0 saturated carbocycles. The Bertz CT molecular complexity index is 825. The summed E-state index contributed by atoms with van der Waals surface area (Å²) in [7, 11) is 0. The van der Waals surface area contributed by atoms with Crippen LogP contribution in [-0.2, 0) is 0 Å². The number of nitrogens with zero attached hydrogens (tertiary/aromatic N) is 2. The summed E-state index contributed by atoms with van der Waals surface area (Å²) in [5.74, 6) is 0.456. The van der Waals surface area contributed by atoms with E-state index in [1.54, 1.807) is 24.3 Å². The van der Waals surface area contributed by atoms with E-state index in [4.69, 9.17) is 11.6 Å². The molecule has 27 heavy (non-hydrogen) atoms. The van der Waals surface area contributed by atoms with Crippen LogP contribution >= 0.6 is 23.4 Å². The first kappa shape index (κ1) is 21.2. The van der Waals surface area contributed by atoms with E-state index in [0.717, 1.165) is 5.82 Å². The van der Waals surface area contributed by atoms with Crippen LogP contribution in [0.3, 0.4) is 0 Å². The molecule has 6 nitrogen and oxygen atoms in total. The zero-order chi connectivity index (χ0) is 20.0. The van der Waals surface area contributed by atoms with Gasteiger partial charge in [0.25, 0.3) is 11.8 Å². The van der Waals surface area contributed by atoms with Gasteiger partial charge in [-0.15, -0.1) is 11.8 Å². The maximum Gasteiger partial charge on any atom is 0.255 e. The molecule has 0 saturated heterocycles. The fraction of sp³-hybridized carbons (Fsp3) is 0.368. The number of carbonyl (C=O) groups is 2. The van der Waals surface area contributed by atoms with Crippen LogP contribution in [-0.4, -0.2) is 41.1 Å². The second kappa shape index (κ2) is 9.71. The van der Waals surface area contributed by atoms with Gasteiger partial charge in [0, 0.05) is 29.6 Å². The Kier molecular flexibility index (Phi) is 7.62. The van der Waals surface area contributed by atoms with Crippen molar-refractivity contribution in [2.45, 2.75) is 31.7 Å². The maximum atomic E-state index is 12.5. The number of benzene rings is 1. The van der Waals surface area contributed by atoms with Crippen molar-refractivity contribution in [3.05, 3.63) is 51.9 Å². The molecule has 1 heterocycles. The Morgan fingerprint density at radius 1 is 1.07 bits per heavy atom. The van der Waals surface area contributed by atoms with Crippen LogP contribution in [0, 0.1) is 6.92 Å². The molecule has 2 rings (SSSR count). The third kappa shape index (κ3) is 5.68. The van der Waals surface area contributed by atoms with Gasteiger partial charge in [0.05, 0.1) is 11.3 Å². The van der Waals surface area contributed by atoms with Crippen LogP contribution in [0.25, 0.3) is 0 Å². The van der Waals surface area contributed by atoms with Crippen molar-refractivity contribution in [2.24, 2.45) is 0 Å². The largest absolute Gasteiger partial charge is 0.350 e.